The van der Waals surface area contributed by atoms with Gasteiger partial charge in [0.1, 0.15) is 6.10 Å². The van der Waals surface area contributed by atoms with Gasteiger partial charge in [0.25, 0.3) is 0 Å². The Morgan fingerprint density at radius 1 is 0.902 bits per heavy atom. The van der Waals surface area contributed by atoms with Gasteiger partial charge in [-0.15, -0.1) is 0 Å². The van der Waals surface area contributed by atoms with Gasteiger partial charge in [-0.25, -0.2) is 0 Å². The predicted octanol–water partition coefficient (Wildman–Crippen LogP) is 3.79. The molecule has 4 heterocycles. The van der Waals surface area contributed by atoms with Gasteiger partial charge in [-0.3, -0.25) is 4.79 Å². The SMILES string of the molecule is COc1cc([C@@H]2c3cc4c(cc3[C@@H](O[C@H]3CCC5O[C@H](C)OCC5O3)C3COC(=O)[C@@]32C)OCO4)cc(OC)c1O. The van der Waals surface area contributed by atoms with Crippen molar-refractivity contribution in [2.24, 2.45) is 11.3 Å². The van der Waals surface area contributed by atoms with E-state index < -0.39 is 23.7 Å². The van der Waals surface area contributed by atoms with Crippen LogP contribution in [0.3, 0.4) is 0 Å². The molecule has 41 heavy (non-hydrogen) atoms. The van der Waals surface area contributed by atoms with Gasteiger partial charge in [0.05, 0.1) is 45.1 Å². The van der Waals surface area contributed by atoms with Crippen LogP contribution in [0.5, 0.6) is 28.7 Å². The number of hydrogen-bond donors (Lipinski definition) is 1. The van der Waals surface area contributed by atoms with Gasteiger partial charge in [-0.2, -0.15) is 0 Å². The molecule has 2 aromatic carbocycles. The molecule has 11 nitrogen and oxygen atoms in total. The summed E-state index contributed by atoms with van der Waals surface area (Å²) in [6.45, 7) is 4.51. The van der Waals surface area contributed by atoms with E-state index in [1.165, 1.54) is 14.2 Å². The lowest BCUT2D eigenvalue weighted by Crippen LogP contribution is -2.51. The number of fused-ring (bicyclic) bond motifs is 4. The number of methoxy groups -OCH3 is 2. The quantitative estimate of drug-likeness (QED) is 0.529. The summed E-state index contributed by atoms with van der Waals surface area (Å²) in [7, 11) is 2.95. The van der Waals surface area contributed by atoms with E-state index in [-0.39, 0.29) is 61.0 Å². The largest absolute Gasteiger partial charge is 0.502 e. The maximum atomic E-state index is 13.7. The van der Waals surface area contributed by atoms with E-state index in [1.54, 1.807) is 12.1 Å². The van der Waals surface area contributed by atoms with E-state index in [9.17, 15) is 9.90 Å². The zero-order valence-corrected chi connectivity index (χ0v) is 23.4. The Labute approximate surface area is 237 Å². The van der Waals surface area contributed by atoms with Crippen LogP contribution in [0, 0.1) is 11.3 Å². The van der Waals surface area contributed by atoms with Crippen molar-refractivity contribution >= 4 is 5.97 Å². The van der Waals surface area contributed by atoms with Gasteiger partial charge in [-0.05, 0) is 61.2 Å². The molecule has 0 saturated carbocycles. The third-order valence-electron chi connectivity index (χ3n) is 9.19. The Bertz CT molecular complexity index is 1340. The molecule has 0 spiro atoms. The van der Waals surface area contributed by atoms with Gasteiger partial charge in [0.15, 0.2) is 35.6 Å². The number of hydrogen-bond acceptors (Lipinski definition) is 11. The number of carbonyl (C=O) groups is 1. The average molecular weight is 571 g/mol. The Balaban J connectivity index is 1.33. The monoisotopic (exact) mass is 570 g/mol. The van der Waals surface area contributed by atoms with Crippen LogP contribution in [0.1, 0.15) is 55.4 Å². The number of phenolic OH excluding ortho intramolecular Hbond substituents is 1. The minimum atomic E-state index is -1.03. The maximum absolute atomic E-state index is 13.7. The number of ether oxygens (including phenoxy) is 9. The molecule has 1 N–H and O–H groups in total. The van der Waals surface area contributed by atoms with Crippen molar-refractivity contribution in [2.75, 3.05) is 34.2 Å². The molecule has 3 fully saturated rings. The van der Waals surface area contributed by atoms with E-state index in [0.717, 1.165) is 23.1 Å². The lowest BCUT2D eigenvalue weighted by Gasteiger charge is -2.47. The average Bonchev–Trinajstić information content (AvgIpc) is 3.55. The van der Waals surface area contributed by atoms with E-state index in [1.807, 2.05) is 26.0 Å². The highest BCUT2D eigenvalue weighted by atomic mass is 16.7. The molecule has 0 amide bonds. The first-order valence-corrected chi connectivity index (χ1v) is 13.9. The zero-order chi connectivity index (χ0) is 28.5. The first kappa shape index (κ1) is 26.6. The lowest BCUT2D eigenvalue weighted by atomic mass is 9.57. The second-order valence-corrected chi connectivity index (χ2v) is 11.3. The van der Waals surface area contributed by atoms with Gasteiger partial charge in [0.2, 0.25) is 12.5 Å². The van der Waals surface area contributed by atoms with Gasteiger partial charge in [-0.1, -0.05) is 0 Å². The Kier molecular flexibility index (Phi) is 6.46. The Hall–Kier alpha value is -3.25. The van der Waals surface area contributed by atoms with Crippen molar-refractivity contribution in [3.8, 4) is 28.7 Å². The van der Waals surface area contributed by atoms with Crippen molar-refractivity contribution in [2.45, 2.75) is 63.5 Å². The molecule has 7 rings (SSSR count). The van der Waals surface area contributed by atoms with Crippen LogP contribution < -0.4 is 18.9 Å². The van der Waals surface area contributed by atoms with E-state index in [4.69, 9.17) is 42.6 Å². The number of carbonyl (C=O) groups excluding carboxylic acids is 1. The summed E-state index contributed by atoms with van der Waals surface area (Å²) >= 11 is 0. The van der Waals surface area contributed by atoms with Crippen LogP contribution >= 0.6 is 0 Å². The fraction of sp³-hybridized carbons (Fsp3) is 0.567. The summed E-state index contributed by atoms with van der Waals surface area (Å²) in [5.41, 5.74) is 1.39. The summed E-state index contributed by atoms with van der Waals surface area (Å²) < 4.78 is 52.9. The number of phenols is 1. The molecule has 8 atom stereocenters. The number of benzene rings is 2. The smallest absolute Gasteiger partial charge is 0.313 e. The van der Waals surface area contributed by atoms with Crippen molar-refractivity contribution in [3.63, 3.8) is 0 Å². The van der Waals surface area contributed by atoms with Crippen molar-refractivity contribution < 1.29 is 52.5 Å². The number of cyclic esters (lactones) is 1. The first-order valence-electron chi connectivity index (χ1n) is 13.9. The molecule has 1 aliphatic carbocycles. The van der Waals surface area contributed by atoms with Crippen molar-refractivity contribution in [1.82, 2.24) is 0 Å². The molecule has 220 valence electrons. The van der Waals surface area contributed by atoms with Crippen LogP contribution in [0.15, 0.2) is 24.3 Å². The van der Waals surface area contributed by atoms with Crippen LogP contribution in [-0.4, -0.2) is 70.1 Å². The zero-order valence-electron chi connectivity index (χ0n) is 23.4. The van der Waals surface area contributed by atoms with Crippen LogP contribution in [-0.2, 0) is 28.5 Å². The molecule has 0 aromatic heterocycles. The molecule has 4 aliphatic heterocycles. The molecule has 3 saturated heterocycles. The van der Waals surface area contributed by atoms with Gasteiger partial charge in [0, 0.05) is 18.3 Å². The molecule has 5 aliphatic rings. The van der Waals surface area contributed by atoms with Gasteiger partial charge >= 0.3 is 5.97 Å². The van der Waals surface area contributed by atoms with Crippen LogP contribution in [0.25, 0.3) is 0 Å². The molecular weight excluding hydrogens is 536 g/mol. The molecule has 3 unspecified atom stereocenters. The van der Waals surface area contributed by atoms with Crippen molar-refractivity contribution in [1.29, 1.82) is 0 Å². The number of aromatic hydroxyl groups is 1. The highest BCUT2D eigenvalue weighted by Crippen LogP contribution is 2.62. The minimum Gasteiger partial charge on any atom is -0.502 e. The summed E-state index contributed by atoms with van der Waals surface area (Å²) in [5, 5.41) is 10.6. The predicted molar refractivity (Wildman–Crippen MR) is 140 cm³/mol. The standard InChI is InChI=1S/C30H34O11/c1-14-35-12-24-19(39-14)5-6-25(40-24)41-28-17-10-21-20(37-13-38-21)9-16(17)26(30(2)18(28)11-36-29(30)32)15-7-22(33-3)27(31)23(8-15)34-4/h7-10,14,18-19,24-26,28,31H,5-6,11-13H2,1-4H3/t14-,18?,19?,24?,25+,26-,28-,30+/m1/s1. The molecule has 0 bridgehead atoms. The van der Waals surface area contributed by atoms with E-state index >= 15 is 0 Å². The number of esters is 1. The topological polar surface area (TPSA) is 120 Å². The Morgan fingerprint density at radius 2 is 1.61 bits per heavy atom. The summed E-state index contributed by atoms with van der Waals surface area (Å²) in [4.78, 5) is 13.7. The van der Waals surface area contributed by atoms with Crippen LogP contribution in [0.2, 0.25) is 0 Å². The third kappa shape index (κ3) is 4.12. The summed E-state index contributed by atoms with van der Waals surface area (Å²) in [5.74, 6) is 0.385. The van der Waals surface area contributed by atoms with E-state index in [2.05, 4.69) is 0 Å². The first-order chi connectivity index (χ1) is 19.8. The third-order valence-corrected chi connectivity index (χ3v) is 9.19. The summed E-state index contributed by atoms with van der Waals surface area (Å²) in [6, 6.07) is 7.33. The fourth-order valence-corrected chi connectivity index (χ4v) is 7.08. The second-order valence-electron chi connectivity index (χ2n) is 11.3. The number of rotatable bonds is 5. The maximum Gasteiger partial charge on any atom is 0.313 e. The lowest BCUT2D eigenvalue weighted by molar-refractivity contribution is -0.319. The van der Waals surface area contributed by atoms with Crippen LogP contribution in [0.4, 0.5) is 0 Å². The second kappa shape index (κ2) is 9.94. The molecule has 11 heteroatoms. The van der Waals surface area contributed by atoms with Gasteiger partial charge < -0.3 is 47.7 Å². The molecular formula is C30H34O11. The Morgan fingerprint density at radius 3 is 2.32 bits per heavy atom. The highest BCUT2D eigenvalue weighted by Gasteiger charge is 2.62. The molecule has 2 aromatic rings. The molecule has 0 radical (unpaired) electrons. The highest BCUT2D eigenvalue weighted by molar-refractivity contribution is 5.83. The van der Waals surface area contributed by atoms with Crippen molar-refractivity contribution in [3.05, 3.63) is 41.0 Å². The fourth-order valence-electron chi connectivity index (χ4n) is 7.08. The van der Waals surface area contributed by atoms with E-state index in [0.29, 0.717) is 24.5 Å². The normalized spacial score (nSPS) is 35.2. The minimum absolute atomic E-state index is 0.0449. The summed E-state index contributed by atoms with van der Waals surface area (Å²) in [6.07, 6.45) is -0.179.